The van der Waals surface area contributed by atoms with Gasteiger partial charge in [-0.05, 0) is 80.1 Å². The number of ether oxygens (including phenoxy) is 2. The number of aryl methyl sites for hydroxylation is 1. The molecule has 8 nitrogen and oxygen atoms in total. The average Bonchev–Trinajstić information content (AvgIpc) is 2.84. The molecule has 0 aliphatic rings. The first-order valence-electron chi connectivity index (χ1n) is 10.7. The van der Waals surface area contributed by atoms with Gasteiger partial charge in [0, 0.05) is 5.69 Å². The maximum atomic E-state index is 13.4. The molecule has 0 fully saturated rings. The lowest BCUT2D eigenvalue weighted by Gasteiger charge is -2.24. The van der Waals surface area contributed by atoms with Gasteiger partial charge in [-0.15, -0.1) is 0 Å². The van der Waals surface area contributed by atoms with E-state index in [1.165, 1.54) is 25.3 Å². The summed E-state index contributed by atoms with van der Waals surface area (Å²) in [6, 6.07) is 15.2. The van der Waals surface area contributed by atoms with E-state index in [9.17, 15) is 22.4 Å². The third-order valence-corrected chi connectivity index (χ3v) is 6.85. The van der Waals surface area contributed by atoms with Crippen molar-refractivity contribution in [3.05, 3.63) is 83.7 Å². The van der Waals surface area contributed by atoms with E-state index >= 15 is 0 Å². The molecule has 3 aromatic carbocycles. The minimum absolute atomic E-state index is 0.176. The summed E-state index contributed by atoms with van der Waals surface area (Å²) in [6.45, 7) is 3.41. The van der Waals surface area contributed by atoms with Gasteiger partial charge in [0.05, 0.1) is 29.9 Å². The van der Waals surface area contributed by atoms with E-state index in [1.54, 1.807) is 31.2 Å². The Hall–Kier alpha value is -3.92. The van der Waals surface area contributed by atoms with Crippen molar-refractivity contribution in [3.8, 4) is 5.75 Å². The molecule has 3 rings (SSSR count). The zero-order valence-corrected chi connectivity index (χ0v) is 20.3. The van der Waals surface area contributed by atoms with Crippen molar-refractivity contribution in [2.75, 3.05) is 29.9 Å². The van der Waals surface area contributed by atoms with Crippen LogP contribution in [-0.2, 0) is 19.6 Å². The number of rotatable bonds is 9. The number of benzene rings is 3. The topological polar surface area (TPSA) is 102 Å². The van der Waals surface area contributed by atoms with E-state index < -0.39 is 34.3 Å². The third-order valence-electron chi connectivity index (χ3n) is 5.06. The number of sulfonamides is 1. The standard InChI is InChI=1S/C25H25FN2O6S/c1-4-34-21-11-9-20(10-12-21)28(35(31,32)22-13-7-19(26)8-14-22)16-24(29)27-23-15-18(25(30)33-3)6-5-17(23)2/h5-15H,4,16H2,1-3H3,(H,27,29). The number of methoxy groups -OCH3 is 1. The SMILES string of the molecule is CCOc1ccc(N(CC(=O)Nc2cc(C(=O)OC)ccc2C)S(=O)(=O)c2ccc(F)cc2)cc1. The average molecular weight is 501 g/mol. The predicted octanol–water partition coefficient (Wildman–Crippen LogP) is 4.15. The van der Waals surface area contributed by atoms with Crippen LogP contribution in [0.15, 0.2) is 71.6 Å². The van der Waals surface area contributed by atoms with E-state index in [0.717, 1.165) is 28.6 Å². The second-order valence-corrected chi connectivity index (χ2v) is 9.32. The van der Waals surface area contributed by atoms with Crippen molar-refractivity contribution in [3.63, 3.8) is 0 Å². The minimum Gasteiger partial charge on any atom is -0.494 e. The van der Waals surface area contributed by atoms with Crippen molar-refractivity contribution >= 4 is 33.3 Å². The molecule has 35 heavy (non-hydrogen) atoms. The Morgan fingerprint density at radius 1 is 1.00 bits per heavy atom. The molecule has 0 heterocycles. The number of carbonyl (C=O) groups excluding carboxylic acids is 2. The summed E-state index contributed by atoms with van der Waals surface area (Å²) in [5.74, 6) is -1.27. The number of hydrogen-bond acceptors (Lipinski definition) is 6. The van der Waals surface area contributed by atoms with Crippen LogP contribution in [0.4, 0.5) is 15.8 Å². The number of amides is 1. The number of nitrogens with zero attached hydrogens (tertiary/aromatic N) is 1. The Balaban J connectivity index is 1.94. The molecule has 0 aliphatic carbocycles. The van der Waals surface area contributed by atoms with Crippen LogP contribution in [0.1, 0.15) is 22.8 Å². The van der Waals surface area contributed by atoms with Crippen molar-refractivity contribution in [2.45, 2.75) is 18.7 Å². The lowest BCUT2D eigenvalue weighted by Crippen LogP contribution is -2.38. The van der Waals surface area contributed by atoms with Crippen LogP contribution in [0.25, 0.3) is 0 Å². The van der Waals surface area contributed by atoms with Crippen LogP contribution in [0.3, 0.4) is 0 Å². The maximum Gasteiger partial charge on any atom is 0.337 e. The normalized spacial score (nSPS) is 11.0. The Labute approximate surface area is 203 Å². The first kappa shape index (κ1) is 25.7. The van der Waals surface area contributed by atoms with Crippen LogP contribution in [0.5, 0.6) is 5.75 Å². The molecule has 0 radical (unpaired) electrons. The van der Waals surface area contributed by atoms with Gasteiger partial charge in [-0.1, -0.05) is 6.07 Å². The Morgan fingerprint density at radius 3 is 2.26 bits per heavy atom. The van der Waals surface area contributed by atoms with Gasteiger partial charge in [-0.3, -0.25) is 9.10 Å². The molecule has 0 unspecified atom stereocenters. The van der Waals surface area contributed by atoms with Gasteiger partial charge in [-0.2, -0.15) is 0 Å². The highest BCUT2D eigenvalue weighted by Gasteiger charge is 2.27. The van der Waals surface area contributed by atoms with E-state index in [2.05, 4.69) is 5.32 Å². The van der Waals surface area contributed by atoms with Crippen LogP contribution >= 0.6 is 0 Å². The lowest BCUT2D eigenvalue weighted by atomic mass is 10.1. The van der Waals surface area contributed by atoms with Crippen LogP contribution in [-0.4, -0.2) is 40.6 Å². The first-order valence-corrected chi connectivity index (χ1v) is 12.1. The smallest absolute Gasteiger partial charge is 0.337 e. The second kappa shape index (κ2) is 11.0. The number of carbonyl (C=O) groups is 2. The molecule has 0 bridgehead atoms. The summed E-state index contributed by atoms with van der Waals surface area (Å²) >= 11 is 0. The van der Waals surface area contributed by atoms with E-state index in [0.29, 0.717) is 23.6 Å². The van der Waals surface area contributed by atoms with Crippen LogP contribution in [0.2, 0.25) is 0 Å². The monoisotopic (exact) mass is 500 g/mol. The third kappa shape index (κ3) is 6.15. The van der Waals surface area contributed by atoms with Crippen LogP contribution in [0, 0.1) is 12.7 Å². The van der Waals surface area contributed by atoms with Gasteiger partial charge in [0.15, 0.2) is 0 Å². The Bertz CT molecular complexity index is 1310. The number of esters is 1. The fourth-order valence-electron chi connectivity index (χ4n) is 3.25. The van der Waals surface area contributed by atoms with Crippen molar-refractivity contribution < 1.29 is 31.9 Å². The summed E-state index contributed by atoms with van der Waals surface area (Å²) in [5, 5.41) is 2.66. The molecule has 0 spiro atoms. The fraction of sp³-hybridized carbons (Fsp3) is 0.200. The Morgan fingerprint density at radius 2 is 1.66 bits per heavy atom. The van der Waals surface area contributed by atoms with Crippen molar-refractivity contribution in [1.82, 2.24) is 0 Å². The highest BCUT2D eigenvalue weighted by Crippen LogP contribution is 2.26. The molecule has 0 aliphatic heterocycles. The molecule has 0 saturated heterocycles. The van der Waals surface area contributed by atoms with Gasteiger partial charge in [0.2, 0.25) is 5.91 Å². The summed E-state index contributed by atoms with van der Waals surface area (Å²) in [4.78, 5) is 24.7. The van der Waals surface area contributed by atoms with Crippen LogP contribution < -0.4 is 14.4 Å². The van der Waals surface area contributed by atoms with Gasteiger partial charge in [0.1, 0.15) is 18.1 Å². The van der Waals surface area contributed by atoms with Gasteiger partial charge in [-0.25, -0.2) is 17.6 Å². The molecule has 1 amide bonds. The molecule has 0 aromatic heterocycles. The molecule has 0 atom stereocenters. The zero-order valence-electron chi connectivity index (χ0n) is 19.4. The molecule has 10 heteroatoms. The highest BCUT2D eigenvalue weighted by molar-refractivity contribution is 7.92. The lowest BCUT2D eigenvalue weighted by molar-refractivity contribution is -0.114. The summed E-state index contributed by atoms with van der Waals surface area (Å²) in [7, 11) is -2.98. The second-order valence-electron chi connectivity index (χ2n) is 7.46. The largest absolute Gasteiger partial charge is 0.494 e. The predicted molar refractivity (Wildman–Crippen MR) is 130 cm³/mol. The highest BCUT2D eigenvalue weighted by atomic mass is 32.2. The summed E-state index contributed by atoms with van der Waals surface area (Å²) in [5.41, 5.74) is 1.45. The summed E-state index contributed by atoms with van der Waals surface area (Å²) in [6.07, 6.45) is 0. The van der Waals surface area contributed by atoms with Crippen molar-refractivity contribution in [1.29, 1.82) is 0 Å². The molecule has 1 N–H and O–H groups in total. The fourth-order valence-corrected chi connectivity index (χ4v) is 4.67. The van der Waals surface area contributed by atoms with E-state index in [-0.39, 0.29) is 16.1 Å². The van der Waals surface area contributed by atoms with Gasteiger partial charge in [0.25, 0.3) is 10.0 Å². The quantitative estimate of drug-likeness (QED) is 0.443. The molecule has 0 saturated carbocycles. The van der Waals surface area contributed by atoms with E-state index in [4.69, 9.17) is 9.47 Å². The van der Waals surface area contributed by atoms with Gasteiger partial charge >= 0.3 is 5.97 Å². The number of nitrogens with one attached hydrogen (secondary N) is 1. The Kier molecular flexibility index (Phi) is 8.08. The molecule has 184 valence electrons. The summed E-state index contributed by atoms with van der Waals surface area (Å²) < 4.78 is 51.3. The van der Waals surface area contributed by atoms with Gasteiger partial charge < -0.3 is 14.8 Å². The number of anilines is 2. The zero-order chi connectivity index (χ0) is 25.6. The minimum atomic E-state index is -4.23. The first-order chi connectivity index (χ1) is 16.6. The number of halogens is 1. The molecular formula is C25H25FN2O6S. The van der Waals surface area contributed by atoms with Crippen molar-refractivity contribution in [2.24, 2.45) is 0 Å². The molecular weight excluding hydrogens is 475 g/mol. The number of hydrogen-bond donors (Lipinski definition) is 1. The van der Waals surface area contributed by atoms with E-state index in [1.807, 2.05) is 6.92 Å². The maximum absolute atomic E-state index is 13.4. The molecule has 3 aromatic rings.